The second kappa shape index (κ2) is 7.66. The number of hydrogen-bond donors (Lipinski definition) is 2. The Labute approximate surface area is 146 Å². The number of esters is 1. The van der Waals surface area contributed by atoms with Gasteiger partial charge in [-0.3, -0.25) is 4.99 Å². The molecule has 0 aliphatic heterocycles. The molecule has 0 spiro atoms. The molecule has 1 aromatic heterocycles. The number of nitrogens with zero attached hydrogens (tertiary/aromatic N) is 1. The topological polar surface area (TPSA) is 74.7 Å². The molecule has 3 aromatic rings. The summed E-state index contributed by atoms with van der Waals surface area (Å²) in [7, 11) is 0. The Morgan fingerprint density at radius 2 is 1.92 bits per heavy atom. The molecule has 0 aliphatic carbocycles. The van der Waals surface area contributed by atoms with E-state index in [1.165, 1.54) is 0 Å². The van der Waals surface area contributed by atoms with Crippen molar-refractivity contribution in [3.63, 3.8) is 0 Å². The van der Waals surface area contributed by atoms with Crippen LogP contribution >= 0.6 is 0 Å². The van der Waals surface area contributed by atoms with Gasteiger partial charge in [-0.1, -0.05) is 48.5 Å². The number of aliphatic imine (C=N–C) groups is 1. The molecule has 0 radical (unpaired) electrons. The van der Waals surface area contributed by atoms with Crippen molar-refractivity contribution in [2.45, 2.75) is 19.4 Å². The van der Waals surface area contributed by atoms with Gasteiger partial charge in [-0.25, -0.2) is 4.79 Å². The fourth-order valence-electron chi connectivity index (χ4n) is 2.72. The predicted octanol–water partition coefficient (Wildman–Crippen LogP) is 3.47. The number of nitrogens with one attached hydrogen (secondary N) is 1. The fourth-order valence-corrected chi connectivity index (χ4v) is 2.72. The van der Waals surface area contributed by atoms with Crippen LogP contribution in [0.4, 0.5) is 0 Å². The predicted molar refractivity (Wildman–Crippen MR) is 98.1 cm³/mol. The van der Waals surface area contributed by atoms with Gasteiger partial charge in [-0.2, -0.15) is 0 Å². The van der Waals surface area contributed by atoms with Crippen molar-refractivity contribution in [1.82, 2.24) is 4.98 Å². The Balaban J connectivity index is 1.89. The summed E-state index contributed by atoms with van der Waals surface area (Å²) in [5.41, 5.74) is 2.39. The molecule has 0 saturated carbocycles. The van der Waals surface area contributed by atoms with Gasteiger partial charge in [0.25, 0.3) is 0 Å². The van der Waals surface area contributed by atoms with Crippen molar-refractivity contribution in [2.24, 2.45) is 4.99 Å². The van der Waals surface area contributed by atoms with Crippen LogP contribution in [0.1, 0.15) is 18.1 Å². The summed E-state index contributed by atoms with van der Waals surface area (Å²) >= 11 is 0. The van der Waals surface area contributed by atoms with Gasteiger partial charge in [0.05, 0.1) is 12.2 Å². The standard InChI is InChI=1S/C20H20N2O3/c1-2-25-20(24)18(12-14-8-4-3-5-9-14)21-13-16-15-10-6-7-11-17(15)22-19(16)23/h3-11,13,18,22-23H,2,12H2,1H3/t18-/m0/s1. The summed E-state index contributed by atoms with van der Waals surface area (Å²) in [6.45, 7) is 2.07. The van der Waals surface area contributed by atoms with Gasteiger partial charge < -0.3 is 14.8 Å². The highest BCUT2D eigenvalue weighted by Crippen LogP contribution is 2.25. The number of H-pyrrole nitrogens is 1. The Kier molecular flexibility index (Phi) is 5.14. The smallest absolute Gasteiger partial charge is 0.331 e. The monoisotopic (exact) mass is 336 g/mol. The highest BCUT2D eigenvalue weighted by Gasteiger charge is 2.19. The fraction of sp³-hybridized carbons (Fsp3) is 0.200. The molecule has 2 aromatic carbocycles. The average molecular weight is 336 g/mol. The molecule has 0 amide bonds. The van der Waals surface area contributed by atoms with E-state index in [2.05, 4.69) is 9.98 Å². The van der Waals surface area contributed by atoms with E-state index in [-0.39, 0.29) is 11.8 Å². The van der Waals surface area contributed by atoms with Gasteiger partial charge in [-0.05, 0) is 18.6 Å². The van der Waals surface area contributed by atoms with Crippen LogP contribution < -0.4 is 0 Å². The van der Waals surface area contributed by atoms with E-state index in [4.69, 9.17) is 4.74 Å². The van der Waals surface area contributed by atoms with E-state index in [0.717, 1.165) is 16.5 Å². The molecular weight excluding hydrogens is 316 g/mol. The Hall–Kier alpha value is -3.08. The van der Waals surface area contributed by atoms with E-state index in [1.807, 2.05) is 54.6 Å². The number of rotatable bonds is 6. The first-order valence-electron chi connectivity index (χ1n) is 8.22. The molecule has 25 heavy (non-hydrogen) atoms. The summed E-state index contributed by atoms with van der Waals surface area (Å²) < 4.78 is 5.14. The summed E-state index contributed by atoms with van der Waals surface area (Å²) in [4.78, 5) is 19.6. The zero-order valence-electron chi connectivity index (χ0n) is 14.0. The van der Waals surface area contributed by atoms with E-state index in [0.29, 0.717) is 18.6 Å². The van der Waals surface area contributed by atoms with Crippen LogP contribution in [0.2, 0.25) is 0 Å². The van der Waals surface area contributed by atoms with Crippen molar-refractivity contribution in [1.29, 1.82) is 0 Å². The number of benzene rings is 2. The van der Waals surface area contributed by atoms with Gasteiger partial charge in [-0.15, -0.1) is 0 Å². The quantitative estimate of drug-likeness (QED) is 0.535. The third-order valence-corrected chi connectivity index (χ3v) is 3.94. The van der Waals surface area contributed by atoms with Gasteiger partial charge in [0, 0.05) is 23.5 Å². The average Bonchev–Trinajstić information content (AvgIpc) is 2.95. The van der Waals surface area contributed by atoms with Crippen molar-refractivity contribution in [2.75, 3.05) is 6.61 Å². The summed E-state index contributed by atoms with van der Waals surface area (Å²) in [5.74, 6) is -0.339. The molecule has 1 atom stereocenters. The lowest BCUT2D eigenvalue weighted by atomic mass is 10.1. The SMILES string of the molecule is CCOC(=O)[C@H](Cc1ccccc1)N=Cc1c(O)[nH]c2ccccc12. The maximum Gasteiger partial charge on any atom is 0.331 e. The number of hydrogen-bond acceptors (Lipinski definition) is 4. The maximum atomic E-state index is 12.2. The van der Waals surface area contributed by atoms with Gasteiger partial charge in [0.15, 0.2) is 11.9 Å². The minimum atomic E-state index is -0.657. The lowest BCUT2D eigenvalue weighted by molar-refractivity contribution is -0.144. The van der Waals surface area contributed by atoms with E-state index < -0.39 is 6.04 Å². The number of carbonyl (C=O) groups is 1. The zero-order valence-corrected chi connectivity index (χ0v) is 14.0. The normalized spacial score (nSPS) is 12.5. The van der Waals surface area contributed by atoms with Crippen LogP contribution in [-0.2, 0) is 16.0 Å². The molecule has 2 N–H and O–H groups in total. The molecule has 0 saturated heterocycles. The Morgan fingerprint density at radius 3 is 2.68 bits per heavy atom. The van der Waals surface area contributed by atoms with Crippen molar-refractivity contribution in [3.05, 3.63) is 65.7 Å². The Morgan fingerprint density at radius 1 is 1.20 bits per heavy atom. The highest BCUT2D eigenvalue weighted by atomic mass is 16.5. The van der Waals surface area contributed by atoms with Crippen LogP contribution in [0.15, 0.2) is 59.6 Å². The van der Waals surface area contributed by atoms with Crippen molar-refractivity contribution in [3.8, 4) is 5.88 Å². The first kappa shape index (κ1) is 16.8. The minimum absolute atomic E-state index is 0.0345. The number of fused-ring (bicyclic) bond motifs is 1. The molecule has 0 aliphatic rings. The molecule has 0 unspecified atom stereocenters. The summed E-state index contributed by atoms with van der Waals surface area (Å²) in [5, 5.41) is 11.0. The minimum Gasteiger partial charge on any atom is -0.494 e. The van der Waals surface area contributed by atoms with Gasteiger partial charge >= 0.3 is 5.97 Å². The van der Waals surface area contributed by atoms with E-state index in [1.54, 1.807) is 13.1 Å². The molecule has 1 heterocycles. The molecule has 128 valence electrons. The largest absolute Gasteiger partial charge is 0.494 e. The van der Waals surface area contributed by atoms with Gasteiger partial charge in [0.2, 0.25) is 0 Å². The number of carbonyl (C=O) groups excluding carboxylic acids is 1. The zero-order chi connectivity index (χ0) is 17.6. The summed E-state index contributed by atoms with van der Waals surface area (Å²) in [6.07, 6.45) is 1.98. The maximum absolute atomic E-state index is 12.2. The second-order valence-electron chi connectivity index (χ2n) is 5.67. The number of aromatic amines is 1. The third kappa shape index (κ3) is 3.88. The Bertz CT molecular complexity index is 884. The number of aromatic hydroxyl groups is 1. The highest BCUT2D eigenvalue weighted by molar-refractivity contribution is 6.02. The first-order valence-corrected chi connectivity index (χ1v) is 8.22. The lowest BCUT2D eigenvalue weighted by Gasteiger charge is -2.11. The molecule has 5 nitrogen and oxygen atoms in total. The third-order valence-electron chi connectivity index (χ3n) is 3.94. The molecule has 5 heteroatoms. The molecule has 3 rings (SSSR count). The lowest BCUT2D eigenvalue weighted by Crippen LogP contribution is -2.24. The van der Waals surface area contributed by atoms with Crippen LogP contribution in [-0.4, -0.2) is 34.9 Å². The first-order chi connectivity index (χ1) is 12.2. The van der Waals surface area contributed by atoms with Crippen LogP contribution in [0, 0.1) is 0 Å². The summed E-state index contributed by atoms with van der Waals surface area (Å²) in [6, 6.07) is 16.6. The van der Waals surface area contributed by atoms with Crippen LogP contribution in [0.25, 0.3) is 10.9 Å². The van der Waals surface area contributed by atoms with Crippen LogP contribution in [0.3, 0.4) is 0 Å². The van der Waals surface area contributed by atoms with Crippen molar-refractivity contribution < 1.29 is 14.6 Å². The van der Waals surface area contributed by atoms with E-state index in [9.17, 15) is 9.90 Å². The van der Waals surface area contributed by atoms with Crippen molar-refractivity contribution >= 4 is 23.1 Å². The number of ether oxygens (including phenoxy) is 1. The molecular formula is C20H20N2O3. The van der Waals surface area contributed by atoms with Gasteiger partial charge in [0.1, 0.15) is 0 Å². The molecule has 0 fully saturated rings. The van der Waals surface area contributed by atoms with Crippen LogP contribution in [0.5, 0.6) is 5.88 Å². The number of para-hydroxylation sites is 1. The van der Waals surface area contributed by atoms with E-state index >= 15 is 0 Å². The second-order valence-corrected chi connectivity index (χ2v) is 5.67. The number of aromatic nitrogens is 1. The molecule has 0 bridgehead atoms.